The van der Waals surface area contributed by atoms with E-state index >= 15 is 0 Å². The molecule has 1 aliphatic rings. The van der Waals surface area contributed by atoms with Crippen LogP contribution in [0.5, 0.6) is 5.75 Å². The highest BCUT2D eigenvalue weighted by Crippen LogP contribution is 2.28. The molecule has 0 radical (unpaired) electrons. The number of amides is 1. The molecule has 3 atom stereocenters. The van der Waals surface area contributed by atoms with E-state index in [1.54, 1.807) is 25.3 Å². The van der Waals surface area contributed by atoms with E-state index < -0.39 is 12.2 Å². The van der Waals surface area contributed by atoms with Crippen molar-refractivity contribution >= 4 is 5.91 Å². The third-order valence-electron chi connectivity index (χ3n) is 4.71. The molecule has 3 unspecified atom stereocenters. The largest absolute Gasteiger partial charge is 0.481 e. The molecule has 0 saturated carbocycles. The maximum Gasteiger partial charge on any atom is 0.263 e. The van der Waals surface area contributed by atoms with E-state index in [0.717, 1.165) is 18.4 Å². The van der Waals surface area contributed by atoms with Gasteiger partial charge in [0.2, 0.25) is 0 Å². The Bertz CT molecular complexity index is 680. The van der Waals surface area contributed by atoms with Gasteiger partial charge in [-0.2, -0.15) is 0 Å². The number of hydrogen-bond acceptors (Lipinski definition) is 4. The minimum absolute atomic E-state index is 0.0108. The molecule has 1 saturated heterocycles. The summed E-state index contributed by atoms with van der Waals surface area (Å²) in [6, 6.07) is 11.2. The second-order valence-corrected chi connectivity index (χ2v) is 6.67. The van der Waals surface area contributed by atoms with Gasteiger partial charge in [-0.15, -0.1) is 0 Å². The van der Waals surface area contributed by atoms with Gasteiger partial charge in [0.25, 0.3) is 5.91 Å². The molecule has 2 aromatic rings. The van der Waals surface area contributed by atoms with E-state index in [-0.39, 0.29) is 11.9 Å². The fourth-order valence-electron chi connectivity index (χ4n) is 3.33. The standard InChI is InChI=1S/C20H25NO4/c1-14-7-9-17(10-8-14)25-15(2)20(23)21-11-3-5-16(21)13-18(22)19-6-4-12-24-19/h4,6-10,12,15-16,18,22H,3,5,11,13H2,1-2H3. The molecule has 0 aliphatic carbocycles. The Labute approximate surface area is 148 Å². The number of aliphatic hydroxyl groups excluding tert-OH is 1. The van der Waals surface area contributed by atoms with E-state index in [1.807, 2.05) is 36.1 Å². The summed E-state index contributed by atoms with van der Waals surface area (Å²) in [6.07, 6.45) is 2.62. The maximum absolute atomic E-state index is 12.8. The molecule has 134 valence electrons. The molecule has 3 rings (SSSR count). The highest BCUT2D eigenvalue weighted by molar-refractivity contribution is 5.81. The third-order valence-corrected chi connectivity index (χ3v) is 4.71. The Kier molecular flexibility index (Phi) is 5.43. The Balaban J connectivity index is 1.60. The minimum Gasteiger partial charge on any atom is -0.481 e. The maximum atomic E-state index is 12.8. The van der Waals surface area contributed by atoms with Gasteiger partial charge in [0.05, 0.1) is 6.26 Å². The molecule has 5 heteroatoms. The summed E-state index contributed by atoms with van der Waals surface area (Å²) in [5.41, 5.74) is 1.15. The zero-order valence-electron chi connectivity index (χ0n) is 14.7. The SMILES string of the molecule is Cc1ccc(OC(C)C(=O)N2CCCC2CC(O)c2ccco2)cc1. The summed E-state index contributed by atoms with van der Waals surface area (Å²) in [6.45, 7) is 4.49. The zero-order chi connectivity index (χ0) is 17.8. The highest BCUT2D eigenvalue weighted by atomic mass is 16.5. The first-order valence-electron chi connectivity index (χ1n) is 8.80. The Morgan fingerprint density at radius 1 is 1.36 bits per heavy atom. The van der Waals surface area contributed by atoms with Gasteiger partial charge in [0, 0.05) is 19.0 Å². The van der Waals surface area contributed by atoms with Gasteiger partial charge >= 0.3 is 0 Å². The van der Waals surface area contributed by atoms with Crippen molar-refractivity contribution in [2.75, 3.05) is 6.54 Å². The lowest BCUT2D eigenvalue weighted by Crippen LogP contribution is -2.43. The Morgan fingerprint density at radius 2 is 2.12 bits per heavy atom. The summed E-state index contributed by atoms with van der Waals surface area (Å²) in [5, 5.41) is 10.3. The number of nitrogens with zero attached hydrogens (tertiary/aromatic N) is 1. The van der Waals surface area contributed by atoms with Crippen LogP contribution in [-0.2, 0) is 4.79 Å². The van der Waals surface area contributed by atoms with Gasteiger partial charge in [-0.1, -0.05) is 17.7 Å². The fraction of sp³-hybridized carbons (Fsp3) is 0.450. The van der Waals surface area contributed by atoms with Crippen LogP contribution >= 0.6 is 0 Å². The lowest BCUT2D eigenvalue weighted by atomic mass is 10.0. The van der Waals surface area contributed by atoms with Crippen molar-refractivity contribution in [2.45, 2.75) is 51.4 Å². The molecule has 0 bridgehead atoms. The number of rotatable bonds is 6. The molecular formula is C20H25NO4. The van der Waals surface area contributed by atoms with Crippen molar-refractivity contribution < 1.29 is 19.1 Å². The van der Waals surface area contributed by atoms with Crippen molar-refractivity contribution in [1.29, 1.82) is 0 Å². The van der Waals surface area contributed by atoms with Crippen molar-refractivity contribution in [3.05, 3.63) is 54.0 Å². The normalized spacial score (nSPS) is 19.6. The second-order valence-electron chi connectivity index (χ2n) is 6.67. The first-order valence-corrected chi connectivity index (χ1v) is 8.80. The third kappa shape index (κ3) is 4.23. The Morgan fingerprint density at radius 3 is 2.80 bits per heavy atom. The van der Waals surface area contributed by atoms with Gasteiger partial charge < -0.3 is 19.2 Å². The van der Waals surface area contributed by atoms with Crippen LogP contribution in [0.2, 0.25) is 0 Å². The molecular weight excluding hydrogens is 318 g/mol. The summed E-state index contributed by atoms with van der Waals surface area (Å²) >= 11 is 0. The number of carbonyl (C=O) groups excluding carboxylic acids is 1. The number of carbonyl (C=O) groups is 1. The van der Waals surface area contributed by atoms with Gasteiger partial charge in [0.1, 0.15) is 17.6 Å². The quantitative estimate of drug-likeness (QED) is 0.872. The first-order chi connectivity index (χ1) is 12.0. The summed E-state index contributed by atoms with van der Waals surface area (Å²) in [7, 11) is 0. The van der Waals surface area contributed by atoms with Crippen molar-refractivity contribution in [3.8, 4) is 5.75 Å². The van der Waals surface area contributed by atoms with Crippen LogP contribution in [0.1, 0.15) is 43.6 Å². The molecule has 5 nitrogen and oxygen atoms in total. The van der Waals surface area contributed by atoms with Crippen LogP contribution < -0.4 is 4.74 Å². The lowest BCUT2D eigenvalue weighted by Gasteiger charge is -2.28. The van der Waals surface area contributed by atoms with E-state index in [9.17, 15) is 9.90 Å². The van der Waals surface area contributed by atoms with Crippen LogP contribution in [0.15, 0.2) is 47.1 Å². The zero-order valence-corrected chi connectivity index (χ0v) is 14.7. The van der Waals surface area contributed by atoms with Crippen molar-refractivity contribution in [1.82, 2.24) is 4.90 Å². The van der Waals surface area contributed by atoms with Crippen molar-refractivity contribution in [3.63, 3.8) is 0 Å². The lowest BCUT2D eigenvalue weighted by molar-refractivity contribution is -0.139. The number of furan rings is 1. The molecule has 1 aliphatic heterocycles. The molecule has 1 amide bonds. The predicted molar refractivity (Wildman–Crippen MR) is 94.3 cm³/mol. The van der Waals surface area contributed by atoms with E-state index in [4.69, 9.17) is 9.15 Å². The molecule has 1 aromatic carbocycles. The van der Waals surface area contributed by atoms with E-state index in [1.165, 1.54) is 0 Å². The monoisotopic (exact) mass is 343 g/mol. The van der Waals surface area contributed by atoms with Crippen LogP contribution in [0, 0.1) is 6.92 Å². The van der Waals surface area contributed by atoms with E-state index in [2.05, 4.69) is 0 Å². The fourth-order valence-corrected chi connectivity index (χ4v) is 3.33. The average Bonchev–Trinajstić information content (AvgIpc) is 3.27. The second kappa shape index (κ2) is 7.74. The average molecular weight is 343 g/mol. The van der Waals surface area contributed by atoms with Gasteiger partial charge in [-0.05, 0) is 51.0 Å². The minimum atomic E-state index is -0.693. The molecule has 1 fully saturated rings. The van der Waals surface area contributed by atoms with Crippen molar-refractivity contribution in [2.24, 2.45) is 0 Å². The topological polar surface area (TPSA) is 62.9 Å². The van der Waals surface area contributed by atoms with Crippen LogP contribution in [-0.4, -0.2) is 34.6 Å². The summed E-state index contributed by atoms with van der Waals surface area (Å²) in [4.78, 5) is 14.6. The van der Waals surface area contributed by atoms with Crippen LogP contribution in [0.4, 0.5) is 0 Å². The molecule has 25 heavy (non-hydrogen) atoms. The molecule has 0 spiro atoms. The van der Waals surface area contributed by atoms with E-state index in [0.29, 0.717) is 24.5 Å². The molecule has 1 aromatic heterocycles. The Hall–Kier alpha value is -2.27. The summed E-state index contributed by atoms with van der Waals surface area (Å²) < 4.78 is 11.1. The van der Waals surface area contributed by atoms with Crippen LogP contribution in [0.25, 0.3) is 0 Å². The van der Waals surface area contributed by atoms with Crippen LogP contribution in [0.3, 0.4) is 0 Å². The van der Waals surface area contributed by atoms with Gasteiger partial charge in [-0.3, -0.25) is 4.79 Å². The number of aryl methyl sites for hydroxylation is 1. The van der Waals surface area contributed by atoms with Gasteiger partial charge in [-0.25, -0.2) is 0 Å². The highest BCUT2D eigenvalue weighted by Gasteiger charge is 2.34. The number of ether oxygens (including phenoxy) is 1. The van der Waals surface area contributed by atoms with Gasteiger partial charge in [0.15, 0.2) is 6.10 Å². The molecule has 1 N–H and O–H groups in total. The number of likely N-dealkylation sites (tertiary alicyclic amines) is 1. The number of hydrogen-bond donors (Lipinski definition) is 1. The summed E-state index contributed by atoms with van der Waals surface area (Å²) in [5.74, 6) is 1.20. The number of aliphatic hydroxyl groups is 1. The number of benzene rings is 1. The smallest absolute Gasteiger partial charge is 0.263 e. The predicted octanol–water partition coefficient (Wildman–Crippen LogP) is 3.47. The molecule has 2 heterocycles. The first kappa shape index (κ1) is 17.5.